The molecule has 2 aromatic rings. The second-order valence-electron chi connectivity index (χ2n) is 6.68. The van der Waals surface area contributed by atoms with Crippen LogP contribution in [0.2, 0.25) is 0 Å². The second kappa shape index (κ2) is 9.92. The van der Waals surface area contributed by atoms with E-state index in [4.69, 9.17) is 4.74 Å². The summed E-state index contributed by atoms with van der Waals surface area (Å²) in [6.45, 7) is 3.75. The normalized spacial score (nSPS) is 10.9. The van der Waals surface area contributed by atoms with Crippen LogP contribution in [0.4, 0.5) is 0 Å². The minimum absolute atomic E-state index is 0.00202. The first-order valence-electron chi connectivity index (χ1n) is 9.20. The number of carbonyl (C=O) groups excluding carboxylic acids is 2. The molecule has 0 unspecified atom stereocenters. The smallest absolute Gasteiger partial charge is 0.236 e. The number of benzene rings is 2. The highest BCUT2D eigenvalue weighted by atomic mass is 16.5. The highest BCUT2D eigenvalue weighted by Gasteiger charge is 2.16. The molecule has 0 saturated carbocycles. The van der Waals surface area contributed by atoms with Crippen LogP contribution in [-0.2, 0) is 16.1 Å². The fourth-order valence-electron chi connectivity index (χ4n) is 2.99. The Bertz CT molecular complexity index is 791. The summed E-state index contributed by atoms with van der Waals surface area (Å²) in [6, 6.07) is 12.1. The van der Waals surface area contributed by atoms with Gasteiger partial charge in [0.05, 0.1) is 20.2 Å². The molecule has 1 N–H and O–H groups in total. The Morgan fingerprint density at radius 3 is 2.44 bits per heavy atom. The van der Waals surface area contributed by atoms with Crippen LogP contribution in [0.15, 0.2) is 36.4 Å². The number of likely N-dealkylation sites (N-methyl/N-ethyl adjacent to an activating group) is 2. The molecule has 2 amide bonds. The fourth-order valence-corrected chi connectivity index (χ4v) is 2.99. The number of rotatable bonds is 9. The third-order valence-corrected chi connectivity index (χ3v) is 4.50. The molecular formula is C21H29N3O3. The van der Waals surface area contributed by atoms with Crippen molar-refractivity contribution in [1.29, 1.82) is 0 Å². The number of hydrogen-bond donors (Lipinski definition) is 1. The van der Waals surface area contributed by atoms with Crippen LogP contribution in [0.3, 0.4) is 0 Å². The Morgan fingerprint density at radius 2 is 1.78 bits per heavy atom. The summed E-state index contributed by atoms with van der Waals surface area (Å²) in [4.78, 5) is 27.8. The van der Waals surface area contributed by atoms with Crippen molar-refractivity contribution in [1.82, 2.24) is 15.1 Å². The Labute approximate surface area is 161 Å². The van der Waals surface area contributed by atoms with Crippen LogP contribution in [0.25, 0.3) is 10.8 Å². The van der Waals surface area contributed by atoms with E-state index in [2.05, 4.69) is 11.4 Å². The highest BCUT2D eigenvalue weighted by Crippen LogP contribution is 2.22. The average Bonchev–Trinajstić information content (AvgIpc) is 2.67. The van der Waals surface area contributed by atoms with E-state index >= 15 is 0 Å². The zero-order valence-electron chi connectivity index (χ0n) is 16.6. The molecule has 2 rings (SSSR count). The van der Waals surface area contributed by atoms with E-state index in [1.54, 1.807) is 26.1 Å². The lowest BCUT2D eigenvalue weighted by Gasteiger charge is -2.24. The Morgan fingerprint density at radius 1 is 1.07 bits per heavy atom. The predicted molar refractivity (Wildman–Crippen MR) is 108 cm³/mol. The Kier molecular flexibility index (Phi) is 7.61. The van der Waals surface area contributed by atoms with Gasteiger partial charge in [0.1, 0.15) is 5.75 Å². The monoisotopic (exact) mass is 371 g/mol. The molecule has 0 saturated heterocycles. The van der Waals surface area contributed by atoms with Gasteiger partial charge >= 0.3 is 0 Å². The van der Waals surface area contributed by atoms with Gasteiger partial charge in [0.25, 0.3) is 0 Å². The topological polar surface area (TPSA) is 61.9 Å². The van der Waals surface area contributed by atoms with Gasteiger partial charge in [-0.25, -0.2) is 0 Å². The SMILES string of the molecule is CCCN(CC(=O)NC)CC(=O)N(C)Cc1ccc2cc(OC)ccc2c1. The molecule has 6 heteroatoms. The van der Waals surface area contributed by atoms with E-state index in [0.29, 0.717) is 13.1 Å². The quantitative estimate of drug-likeness (QED) is 0.735. The van der Waals surface area contributed by atoms with Crippen molar-refractivity contribution in [2.45, 2.75) is 19.9 Å². The van der Waals surface area contributed by atoms with E-state index in [-0.39, 0.29) is 24.9 Å². The summed E-state index contributed by atoms with van der Waals surface area (Å²) in [7, 11) is 5.06. The summed E-state index contributed by atoms with van der Waals surface area (Å²) in [6.07, 6.45) is 0.891. The molecular weight excluding hydrogens is 342 g/mol. The standard InChI is InChI=1S/C21H29N3O3/c1-5-10-24(14-20(25)22-2)15-21(26)23(3)13-16-6-7-18-12-19(27-4)9-8-17(18)11-16/h6-9,11-12H,5,10,13-15H2,1-4H3,(H,22,25). The van der Waals surface area contributed by atoms with Crippen LogP contribution < -0.4 is 10.1 Å². The van der Waals surface area contributed by atoms with E-state index in [1.807, 2.05) is 42.2 Å². The van der Waals surface area contributed by atoms with Gasteiger partial charge in [0.15, 0.2) is 0 Å². The van der Waals surface area contributed by atoms with Gasteiger partial charge < -0.3 is 15.0 Å². The number of carbonyl (C=O) groups is 2. The van der Waals surface area contributed by atoms with Gasteiger partial charge in [-0.2, -0.15) is 0 Å². The summed E-state index contributed by atoms with van der Waals surface area (Å²) in [5.41, 5.74) is 1.07. The van der Waals surface area contributed by atoms with Crippen molar-refractivity contribution in [3.8, 4) is 5.75 Å². The average molecular weight is 371 g/mol. The Hall–Kier alpha value is -2.60. The highest BCUT2D eigenvalue weighted by molar-refractivity contribution is 5.85. The van der Waals surface area contributed by atoms with Gasteiger partial charge in [-0.05, 0) is 47.5 Å². The number of fused-ring (bicyclic) bond motifs is 1. The largest absolute Gasteiger partial charge is 0.497 e. The van der Waals surface area contributed by atoms with Crippen molar-refractivity contribution in [2.75, 3.05) is 40.8 Å². The predicted octanol–water partition coefficient (Wildman–Crippen LogP) is 2.26. The molecule has 0 fully saturated rings. The first kappa shape index (κ1) is 20.7. The van der Waals surface area contributed by atoms with Crippen LogP contribution in [0.5, 0.6) is 5.75 Å². The lowest BCUT2D eigenvalue weighted by atomic mass is 10.1. The van der Waals surface area contributed by atoms with Crippen LogP contribution >= 0.6 is 0 Å². The number of ether oxygens (including phenoxy) is 1. The van der Waals surface area contributed by atoms with Crippen molar-refractivity contribution in [3.05, 3.63) is 42.0 Å². The van der Waals surface area contributed by atoms with Gasteiger partial charge in [-0.1, -0.05) is 25.1 Å². The molecule has 6 nitrogen and oxygen atoms in total. The van der Waals surface area contributed by atoms with Crippen molar-refractivity contribution in [2.24, 2.45) is 0 Å². The molecule has 0 aliphatic rings. The minimum atomic E-state index is -0.0798. The van der Waals surface area contributed by atoms with E-state index in [9.17, 15) is 9.59 Å². The summed E-state index contributed by atoms with van der Waals surface area (Å²) in [5, 5.41) is 4.82. The van der Waals surface area contributed by atoms with Gasteiger partial charge in [0, 0.05) is 20.6 Å². The molecule has 0 radical (unpaired) electrons. The minimum Gasteiger partial charge on any atom is -0.497 e. The molecule has 0 aliphatic carbocycles. The van der Waals surface area contributed by atoms with Crippen LogP contribution in [0.1, 0.15) is 18.9 Å². The van der Waals surface area contributed by atoms with E-state index in [0.717, 1.165) is 28.5 Å². The van der Waals surface area contributed by atoms with Gasteiger partial charge in [-0.15, -0.1) is 0 Å². The molecule has 27 heavy (non-hydrogen) atoms. The molecule has 146 valence electrons. The molecule has 2 aromatic carbocycles. The fraction of sp³-hybridized carbons (Fsp3) is 0.429. The maximum Gasteiger partial charge on any atom is 0.236 e. The number of nitrogens with zero attached hydrogens (tertiary/aromatic N) is 2. The summed E-state index contributed by atoms with van der Waals surface area (Å²) in [5.74, 6) is 0.751. The maximum atomic E-state index is 12.6. The molecule has 0 spiro atoms. The molecule has 0 aliphatic heterocycles. The maximum absolute atomic E-state index is 12.6. The zero-order chi connectivity index (χ0) is 19.8. The summed E-state index contributed by atoms with van der Waals surface area (Å²) >= 11 is 0. The molecule has 0 aromatic heterocycles. The van der Waals surface area contributed by atoms with E-state index < -0.39 is 0 Å². The summed E-state index contributed by atoms with van der Waals surface area (Å²) < 4.78 is 5.25. The van der Waals surface area contributed by atoms with Crippen molar-refractivity contribution >= 4 is 22.6 Å². The lowest BCUT2D eigenvalue weighted by Crippen LogP contribution is -2.42. The second-order valence-corrected chi connectivity index (χ2v) is 6.68. The van der Waals surface area contributed by atoms with Gasteiger partial charge in [-0.3, -0.25) is 14.5 Å². The third kappa shape index (κ3) is 5.96. The first-order chi connectivity index (χ1) is 13.0. The van der Waals surface area contributed by atoms with E-state index in [1.165, 1.54) is 0 Å². The molecule has 0 bridgehead atoms. The number of methoxy groups -OCH3 is 1. The van der Waals surface area contributed by atoms with Crippen LogP contribution in [0, 0.1) is 0 Å². The first-order valence-corrected chi connectivity index (χ1v) is 9.20. The van der Waals surface area contributed by atoms with Gasteiger partial charge in [0.2, 0.25) is 11.8 Å². The lowest BCUT2D eigenvalue weighted by molar-refractivity contribution is -0.132. The zero-order valence-corrected chi connectivity index (χ0v) is 16.6. The molecule has 0 heterocycles. The Balaban J connectivity index is 2.02. The van der Waals surface area contributed by atoms with Crippen molar-refractivity contribution < 1.29 is 14.3 Å². The van der Waals surface area contributed by atoms with Crippen molar-refractivity contribution in [3.63, 3.8) is 0 Å². The number of hydrogen-bond acceptors (Lipinski definition) is 4. The molecule has 0 atom stereocenters. The number of amides is 2. The third-order valence-electron chi connectivity index (χ3n) is 4.50. The van der Waals surface area contributed by atoms with Crippen LogP contribution in [-0.4, -0.2) is 62.5 Å². The number of nitrogens with one attached hydrogen (secondary N) is 1.